The SMILES string of the molecule is Cc1sc2ccn(Cc3ccc(F)cc3)c(=O)c2c1C(=O)N1CCCC(C)C1. The van der Waals surface area contributed by atoms with Crippen LogP contribution < -0.4 is 5.56 Å². The summed E-state index contributed by atoms with van der Waals surface area (Å²) in [6.45, 7) is 5.91. The number of hydrogen-bond donors (Lipinski definition) is 0. The number of halogens is 1. The predicted molar refractivity (Wildman–Crippen MR) is 111 cm³/mol. The number of hydrogen-bond acceptors (Lipinski definition) is 3. The average Bonchev–Trinajstić information content (AvgIpc) is 3.02. The molecule has 0 aliphatic carbocycles. The second kappa shape index (κ2) is 7.51. The van der Waals surface area contributed by atoms with Gasteiger partial charge in [-0.25, -0.2) is 4.39 Å². The zero-order chi connectivity index (χ0) is 19.8. The molecule has 1 saturated heterocycles. The summed E-state index contributed by atoms with van der Waals surface area (Å²) in [6, 6.07) is 8.02. The first-order valence-electron chi connectivity index (χ1n) is 9.60. The van der Waals surface area contributed by atoms with Crippen molar-refractivity contribution in [3.63, 3.8) is 0 Å². The Balaban J connectivity index is 1.75. The first kappa shape index (κ1) is 18.9. The van der Waals surface area contributed by atoms with Gasteiger partial charge in [-0.2, -0.15) is 0 Å². The Morgan fingerprint density at radius 3 is 2.71 bits per heavy atom. The van der Waals surface area contributed by atoms with Gasteiger partial charge in [0, 0.05) is 28.9 Å². The molecular weight excluding hydrogens is 375 g/mol. The molecule has 146 valence electrons. The van der Waals surface area contributed by atoms with Gasteiger partial charge >= 0.3 is 0 Å². The van der Waals surface area contributed by atoms with Gasteiger partial charge in [0.2, 0.25) is 0 Å². The quantitative estimate of drug-likeness (QED) is 0.655. The van der Waals surface area contributed by atoms with Crippen LogP contribution in [-0.4, -0.2) is 28.5 Å². The van der Waals surface area contributed by atoms with Crippen LogP contribution in [-0.2, 0) is 6.54 Å². The van der Waals surface area contributed by atoms with Crippen LogP contribution >= 0.6 is 11.3 Å². The van der Waals surface area contributed by atoms with Crippen molar-refractivity contribution < 1.29 is 9.18 Å². The number of fused-ring (bicyclic) bond motifs is 1. The van der Waals surface area contributed by atoms with Gasteiger partial charge in [0.25, 0.3) is 11.5 Å². The normalized spacial score (nSPS) is 17.2. The van der Waals surface area contributed by atoms with Crippen molar-refractivity contribution in [3.8, 4) is 0 Å². The van der Waals surface area contributed by atoms with Gasteiger partial charge in [0.05, 0.1) is 17.5 Å². The lowest BCUT2D eigenvalue weighted by Gasteiger charge is -2.31. The number of likely N-dealkylation sites (tertiary alicyclic amines) is 1. The first-order valence-corrected chi connectivity index (χ1v) is 10.4. The molecule has 0 spiro atoms. The largest absolute Gasteiger partial charge is 0.338 e. The Kier molecular flexibility index (Phi) is 5.06. The molecule has 1 unspecified atom stereocenters. The Morgan fingerprint density at radius 1 is 1.25 bits per heavy atom. The van der Waals surface area contributed by atoms with Crippen molar-refractivity contribution in [1.82, 2.24) is 9.47 Å². The van der Waals surface area contributed by atoms with Gasteiger partial charge in [-0.15, -0.1) is 11.3 Å². The standard InChI is InChI=1S/C22H23FN2O2S/c1-14-4-3-10-24(12-14)21(26)19-15(2)28-18-9-11-25(22(27)20(18)19)13-16-5-7-17(23)8-6-16/h5-9,11,14H,3-4,10,12-13H2,1-2H3. The fourth-order valence-electron chi connectivity index (χ4n) is 3.97. The van der Waals surface area contributed by atoms with Crippen LogP contribution in [0, 0.1) is 18.7 Å². The third kappa shape index (κ3) is 3.49. The first-order chi connectivity index (χ1) is 13.4. The fraction of sp³-hybridized carbons (Fsp3) is 0.364. The van der Waals surface area contributed by atoms with Gasteiger partial charge in [-0.3, -0.25) is 9.59 Å². The van der Waals surface area contributed by atoms with E-state index in [0.717, 1.165) is 41.1 Å². The van der Waals surface area contributed by atoms with Crippen LogP contribution in [0.4, 0.5) is 4.39 Å². The highest BCUT2D eigenvalue weighted by Crippen LogP contribution is 2.30. The van der Waals surface area contributed by atoms with E-state index in [4.69, 9.17) is 0 Å². The molecule has 0 radical (unpaired) electrons. The summed E-state index contributed by atoms with van der Waals surface area (Å²) in [4.78, 5) is 29.2. The Morgan fingerprint density at radius 2 is 2.00 bits per heavy atom. The number of rotatable bonds is 3. The monoisotopic (exact) mass is 398 g/mol. The maximum atomic E-state index is 13.2. The molecule has 0 N–H and O–H groups in total. The van der Waals surface area contributed by atoms with Crippen LogP contribution in [0.25, 0.3) is 10.1 Å². The minimum absolute atomic E-state index is 0.0352. The van der Waals surface area contributed by atoms with Crippen LogP contribution in [0.1, 0.15) is 40.6 Å². The molecular formula is C22H23FN2O2S. The second-order valence-corrected chi connectivity index (χ2v) is 8.90. The highest BCUT2D eigenvalue weighted by atomic mass is 32.1. The van der Waals surface area contributed by atoms with E-state index in [1.54, 1.807) is 22.9 Å². The van der Waals surface area contributed by atoms with E-state index < -0.39 is 0 Å². The molecule has 2 aromatic heterocycles. The van der Waals surface area contributed by atoms with Crippen molar-refractivity contribution in [2.45, 2.75) is 33.2 Å². The summed E-state index contributed by atoms with van der Waals surface area (Å²) in [7, 11) is 0. The van der Waals surface area contributed by atoms with Gasteiger partial charge in [0.1, 0.15) is 5.82 Å². The molecule has 0 bridgehead atoms. The minimum atomic E-state index is -0.302. The van der Waals surface area contributed by atoms with E-state index >= 15 is 0 Å². The molecule has 1 aliphatic heterocycles. The third-order valence-corrected chi connectivity index (χ3v) is 6.49. The van der Waals surface area contributed by atoms with E-state index in [2.05, 4.69) is 6.92 Å². The van der Waals surface area contributed by atoms with Gasteiger partial charge in [0.15, 0.2) is 0 Å². The lowest BCUT2D eigenvalue weighted by atomic mass is 9.99. The predicted octanol–water partition coefficient (Wildman–Crippen LogP) is 4.43. The number of amides is 1. The molecule has 28 heavy (non-hydrogen) atoms. The number of pyridine rings is 1. The van der Waals surface area contributed by atoms with E-state index in [1.165, 1.54) is 23.5 Å². The summed E-state index contributed by atoms with van der Waals surface area (Å²) >= 11 is 1.49. The van der Waals surface area contributed by atoms with Crippen molar-refractivity contribution in [1.29, 1.82) is 0 Å². The smallest absolute Gasteiger partial charge is 0.260 e. The number of piperidine rings is 1. The van der Waals surface area contributed by atoms with Gasteiger partial charge in [-0.1, -0.05) is 19.1 Å². The zero-order valence-electron chi connectivity index (χ0n) is 16.1. The summed E-state index contributed by atoms with van der Waals surface area (Å²) in [5, 5.41) is 0.510. The second-order valence-electron chi connectivity index (χ2n) is 7.65. The summed E-state index contributed by atoms with van der Waals surface area (Å²) in [5.74, 6) is 0.147. The molecule has 1 atom stereocenters. The molecule has 0 saturated carbocycles. The molecule has 4 rings (SSSR count). The number of benzene rings is 1. The number of carbonyl (C=O) groups is 1. The van der Waals surface area contributed by atoms with Crippen LogP contribution in [0.5, 0.6) is 0 Å². The molecule has 1 aliphatic rings. The minimum Gasteiger partial charge on any atom is -0.338 e. The molecule has 1 aromatic carbocycles. The topological polar surface area (TPSA) is 42.3 Å². The zero-order valence-corrected chi connectivity index (χ0v) is 16.9. The van der Waals surface area contributed by atoms with Crippen molar-refractivity contribution in [3.05, 3.63) is 68.7 Å². The summed E-state index contributed by atoms with van der Waals surface area (Å²) < 4.78 is 15.6. The molecule has 1 amide bonds. The lowest BCUT2D eigenvalue weighted by molar-refractivity contribution is 0.0685. The summed E-state index contributed by atoms with van der Waals surface area (Å²) in [6.07, 6.45) is 3.89. The number of aromatic nitrogens is 1. The van der Waals surface area contributed by atoms with Crippen molar-refractivity contribution in [2.75, 3.05) is 13.1 Å². The highest BCUT2D eigenvalue weighted by Gasteiger charge is 2.27. The van der Waals surface area contributed by atoms with Crippen molar-refractivity contribution >= 4 is 27.3 Å². The molecule has 3 aromatic rings. The van der Waals surface area contributed by atoms with Crippen molar-refractivity contribution in [2.24, 2.45) is 5.92 Å². The number of nitrogens with zero attached hydrogens (tertiary/aromatic N) is 2. The lowest BCUT2D eigenvalue weighted by Crippen LogP contribution is -2.39. The fourth-order valence-corrected chi connectivity index (χ4v) is 5.01. The highest BCUT2D eigenvalue weighted by molar-refractivity contribution is 7.19. The van der Waals surface area contributed by atoms with E-state index in [9.17, 15) is 14.0 Å². The number of thiophene rings is 1. The van der Waals surface area contributed by atoms with E-state index in [0.29, 0.717) is 23.4 Å². The number of carbonyl (C=O) groups excluding carboxylic acids is 1. The Hall–Kier alpha value is -2.47. The van der Waals surface area contributed by atoms with Crippen LogP contribution in [0.15, 0.2) is 41.3 Å². The third-order valence-electron chi connectivity index (χ3n) is 5.42. The van der Waals surface area contributed by atoms with Gasteiger partial charge in [-0.05, 0) is 49.4 Å². The van der Waals surface area contributed by atoms with Crippen LogP contribution in [0.3, 0.4) is 0 Å². The van der Waals surface area contributed by atoms with E-state index in [-0.39, 0.29) is 17.3 Å². The molecule has 3 heterocycles. The molecule has 1 fully saturated rings. The Bertz CT molecular complexity index is 1080. The maximum absolute atomic E-state index is 13.2. The number of aryl methyl sites for hydroxylation is 1. The maximum Gasteiger partial charge on any atom is 0.260 e. The summed E-state index contributed by atoms with van der Waals surface area (Å²) in [5.41, 5.74) is 1.22. The average molecular weight is 399 g/mol. The molecule has 6 heteroatoms. The van der Waals surface area contributed by atoms with Gasteiger partial charge < -0.3 is 9.47 Å². The van der Waals surface area contributed by atoms with Crippen LogP contribution in [0.2, 0.25) is 0 Å². The Labute approximate surface area is 167 Å². The van der Waals surface area contributed by atoms with E-state index in [1.807, 2.05) is 17.9 Å². The molecule has 4 nitrogen and oxygen atoms in total.